The normalized spacial score (nSPS) is 10.5. The lowest BCUT2D eigenvalue weighted by atomic mass is 10.2. The summed E-state index contributed by atoms with van der Waals surface area (Å²) < 4.78 is 0. The molecule has 0 unspecified atom stereocenters. The predicted octanol–water partition coefficient (Wildman–Crippen LogP) is 2.54. The molecular formula is C10H10N2S. The van der Waals surface area contributed by atoms with Crippen LogP contribution in [0.3, 0.4) is 0 Å². The van der Waals surface area contributed by atoms with Crippen LogP contribution in [0.15, 0.2) is 35.4 Å². The van der Waals surface area contributed by atoms with Gasteiger partial charge in [0.05, 0.1) is 11.2 Å². The molecule has 13 heavy (non-hydrogen) atoms. The SMILES string of the molecule is CSc1cnc2c(N)cccc2c1. The Labute approximate surface area is 81.2 Å². The zero-order valence-corrected chi connectivity index (χ0v) is 8.14. The highest BCUT2D eigenvalue weighted by molar-refractivity contribution is 7.98. The van der Waals surface area contributed by atoms with Crippen molar-refractivity contribution in [3.8, 4) is 0 Å². The summed E-state index contributed by atoms with van der Waals surface area (Å²) >= 11 is 1.69. The molecule has 66 valence electrons. The number of anilines is 1. The zero-order valence-electron chi connectivity index (χ0n) is 7.32. The summed E-state index contributed by atoms with van der Waals surface area (Å²) in [5.41, 5.74) is 7.41. The smallest absolute Gasteiger partial charge is 0.0931 e. The Morgan fingerprint density at radius 2 is 2.23 bits per heavy atom. The number of thioether (sulfide) groups is 1. The molecule has 0 aliphatic heterocycles. The summed E-state index contributed by atoms with van der Waals surface area (Å²) in [5.74, 6) is 0. The van der Waals surface area contributed by atoms with Crippen LogP contribution in [0.5, 0.6) is 0 Å². The van der Waals surface area contributed by atoms with Crippen LogP contribution in [0.4, 0.5) is 5.69 Å². The topological polar surface area (TPSA) is 38.9 Å². The lowest BCUT2D eigenvalue weighted by Gasteiger charge is -2.01. The van der Waals surface area contributed by atoms with Crippen LogP contribution in [0.2, 0.25) is 0 Å². The molecule has 0 amide bonds. The van der Waals surface area contributed by atoms with E-state index in [4.69, 9.17) is 5.73 Å². The van der Waals surface area contributed by atoms with Gasteiger partial charge in [-0.3, -0.25) is 4.98 Å². The van der Waals surface area contributed by atoms with Crippen molar-refractivity contribution in [3.63, 3.8) is 0 Å². The Balaban J connectivity index is 2.72. The van der Waals surface area contributed by atoms with Gasteiger partial charge in [-0.2, -0.15) is 0 Å². The highest BCUT2D eigenvalue weighted by Gasteiger charge is 1.99. The second kappa shape index (κ2) is 3.26. The first kappa shape index (κ1) is 8.38. The molecule has 0 saturated carbocycles. The first-order valence-electron chi connectivity index (χ1n) is 3.99. The van der Waals surface area contributed by atoms with Crippen molar-refractivity contribution in [2.24, 2.45) is 0 Å². The fraction of sp³-hybridized carbons (Fsp3) is 0.100. The number of para-hydroxylation sites is 1. The summed E-state index contributed by atoms with van der Waals surface area (Å²) in [6.45, 7) is 0. The molecule has 0 fully saturated rings. The van der Waals surface area contributed by atoms with E-state index >= 15 is 0 Å². The third-order valence-electron chi connectivity index (χ3n) is 1.95. The minimum Gasteiger partial charge on any atom is -0.397 e. The minimum atomic E-state index is 0.741. The summed E-state index contributed by atoms with van der Waals surface area (Å²) in [6.07, 6.45) is 3.89. The number of rotatable bonds is 1. The van der Waals surface area contributed by atoms with Crippen molar-refractivity contribution < 1.29 is 0 Å². The molecule has 2 nitrogen and oxygen atoms in total. The van der Waals surface area contributed by atoms with Crippen molar-refractivity contribution in [1.29, 1.82) is 0 Å². The standard InChI is InChI=1S/C10H10N2S/c1-13-8-5-7-3-2-4-9(11)10(7)12-6-8/h2-6H,11H2,1H3. The predicted molar refractivity (Wildman–Crippen MR) is 57.9 cm³/mol. The van der Waals surface area contributed by atoms with E-state index in [1.165, 1.54) is 0 Å². The molecule has 2 N–H and O–H groups in total. The Morgan fingerprint density at radius 3 is 3.00 bits per heavy atom. The maximum atomic E-state index is 5.78. The molecule has 0 atom stereocenters. The van der Waals surface area contributed by atoms with Gasteiger partial charge in [0.25, 0.3) is 0 Å². The second-order valence-electron chi connectivity index (χ2n) is 2.79. The van der Waals surface area contributed by atoms with E-state index in [9.17, 15) is 0 Å². The number of nitrogens with two attached hydrogens (primary N) is 1. The number of hydrogen-bond acceptors (Lipinski definition) is 3. The van der Waals surface area contributed by atoms with Gasteiger partial charge in [-0.05, 0) is 18.4 Å². The largest absolute Gasteiger partial charge is 0.397 e. The first-order chi connectivity index (χ1) is 6.31. The van der Waals surface area contributed by atoms with E-state index < -0.39 is 0 Å². The average Bonchev–Trinajstić information content (AvgIpc) is 2.18. The van der Waals surface area contributed by atoms with Crippen molar-refractivity contribution in [3.05, 3.63) is 30.5 Å². The highest BCUT2D eigenvalue weighted by Crippen LogP contribution is 2.22. The van der Waals surface area contributed by atoms with Gasteiger partial charge in [0.1, 0.15) is 0 Å². The van der Waals surface area contributed by atoms with Gasteiger partial charge >= 0.3 is 0 Å². The molecule has 0 spiro atoms. The summed E-state index contributed by atoms with van der Waals surface area (Å²) in [6, 6.07) is 7.94. The maximum absolute atomic E-state index is 5.78. The molecular weight excluding hydrogens is 180 g/mol. The van der Waals surface area contributed by atoms with Crippen LogP contribution in [-0.4, -0.2) is 11.2 Å². The Kier molecular flexibility index (Phi) is 2.10. The van der Waals surface area contributed by atoms with Crippen LogP contribution in [0, 0.1) is 0 Å². The van der Waals surface area contributed by atoms with E-state index in [0.29, 0.717) is 0 Å². The van der Waals surface area contributed by atoms with Crippen molar-refractivity contribution >= 4 is 28.4 Å². The molecule has 0 aliphatic carbocycles. The summed E-state index contributed by atoms with van der Waals surface area (Å²) in [4.78, 5) is 5.47. The van der Waals surface area contributed by atoms with Gasteiger partial charge in [-0.1, -0.05) is 12.1 Å². The molecule has 0 aliphatic rings. The number of nitrogens with zero attached hydrogens (tertiary/aromatic N) is 1. The number of nitrogen functional groups attached to an aromatic ring is 1. The third-order valence-corrected chi connectivity index (χ3v) is 2.65. The number of benzene rings is 1. The fourth-order valence-corrected chi connectivity index (χ4v) is 1.68. The number of pyridine rings is 1. The van der Waals surface area contributed by atoms with Crippen LogP contribution in [-0.2, 0) is 0 Å². The van der Waals surface area contributed by atoms with Crippen molar-refractivity contribution in [2.75, 3.05) is 12.0 Å². The minimum absolute atomic E-state index is 0.741. The second-order valence-corrected chi connectivity index (χ2v) is 3.67. The van der Waals surface area contributed by atoms with E-state index in [2.05, 4.69) is 11.1 Å². The van der Waals surface area contributed by atoms with Crippen LogP contribution < -0.4 is 5.73 Å². The van der Waals surface area contributed by atoms with Gasteiger partial charge in [-0.15, -0.1) is 11.8 Å². The molecule has 1 heterocycles. The van der Waals surface area contributed by atoms with Crippen LogP contribution >= 0.6 is 11.8 Å². The van der Waals surface area contributed by atoms with Crippen LogP contribution in [0.25, 0.3) is 10.9 Å². The number of fused-ring (bicyclic) bond motifs is 1. The van der Waals surface area contributed by atoms with E-state index in [1.807, 2.05) is 30.7 Å². The molecule has 1 aromatic heterocycles. The van der Waals surface area contributed by atoms with E-state index in [1.54, 1.807) is 11.8 Å². The van der Waals surface area contributed by atoms with Crippen molar-refractivity contribution in [2.45, 2.75) is 4.90 Å². The van der Waals surface area contributed by atoms with E-state index in [0.717, 1.165) is 21.5 Å². The molecule has 2 rings (SSSR count). The van der Waals surface area contributed by atoms with E-state index in [-0.39, 0.29) is 0 Å². The van der Waals surface area contributed by atoms with Gasteiger partial charge in [0, 0.05) is 16.5 Å². The first-order valence-corrected chi connectivity index (χ1v) is 5.22. The molecule has 0 saturated heterocycles. The monoisotopic (exact) mass is 190 g/mol. The third kappa shape index (κ3) is 1.47. The summed E-state index contributed by atoms with van der Waals surface area (Å²) in [5, 5.41) is 1.10. The number of hydrogen-bond donors (Lipinski definition) is 1. The molecule has 3 heteroatoms. The average molecular weight is 190 g/mol. The molecule has 2 aromatic rings. The lowest BCUT2D eigenvalue weighted by Crippen LogP contribution is -1.88. The number of aromatic nitrogens is 1. The zero-order chi connectivity index (χ0) is 9.26. The Hall–Kier alpha value is -1.22. The summed E-state index contributed by atoms with van der Waals surface area (Å²) in [7, 11) is 0. The van der Waals surface area contributed by atoms with Gasteiger partial charge in [0.2, 0.25) is 0 Å². The quantitative estimate of drug-likeness (QED) is 0.554. The Morgan fingerprint density at radius 1 is 1.38 bits per heavy atom. The lowest BCUT2D eigenvalue weighted by molar-refractivity contribution is 1.31. The van der Waals surface area contributed by atoms with Crippen molar-refractivity contribution in [1.82, 2.24) is 4.98 Å². The Bertz CT molecular complexity index is 440. The molecule has 1 aromatic carbocycles. The highest BCUT2D eigenvalue weighted by atomic mass is 32.2. The van der Waals surface area contributed by atoms with Gasteiger partial charge in [0.15, 0.2) is 0 Å². The maximum Gasteiger partial charge on any atom is 0.0931 e. The fourth-order valence-electron chi connectivity index (χ4n) is 1.28. The molecule has 0 bridgehead atoms. The molecule has 0 radical (unpaired) electrons. The van der Waals surface area contributed by atoms with Gasteiger partial charge < -0.3 is 5.73 Å². The van der Waals surface area contributed by atoms with Crippen LogP contribution in [0.1, 0.15) is 0 Å². The van der Waals surface area contributed by atoms with Gasteiger partial charge in [-0.25, -0.2) is 0 Å².